The van der Waals surface area contributed by atoms with Gasteiger partial charge in [0, 0.05) is 19.5 Å². The van der Waals surface area contributed by atoms with E-state index in [0.717, 1.165) is 48.4 Å². The molecule has 5 rings (SSSR count). The number of nitrogens with zero attached hydrogens (tertiary/aromatic N) is 2. The Labute approximate surface area is 197 Å². The standard InChI is InChI=1S/C28H27N3OS/c32-28(26-16-9-19-33-26)29-18-7-1-2-17-27-30-24-14-5-6-15-25(24)31(27)20-22-12-8-11-21-10-3-4-13-23(21)22/h3-6,8-16,19H,1-2,7,17-18,20H2,(H,29,32). The lowest BCUT2D eigenvalue weighted by molar-refractivity contribution is 0.0957. The van der Waals surface area contributed by atoms with E-state index < -0.39 is 0 Å². The fourth-order valence-electron chi connectivity index (χ4n) is 4.38. The summed E-state index contributed by atoms with van der Waals surface area (Å²) < 4.78 is 2.37. The predicted molar refractivity (Wildman–Crippen MR) is 137 cm³/mol. The Morgan fingerprint density at radius 3 is 2.64 bits per heavy atom. The molecule has 3 aromatic carbocycles. The topological polar surface area (TPSA) is 46.9 Å². The molecule has 0 aliphatic heterocycles. The highest BCUT2D eigenvalue weighted by Crippen LogP contribution is 2.24. The SMILES string of the molecule is O=C(NCCCCCc1nc2ccccc2n1Cc1cccc2ccccc12)c1cccs1. The Kier molecular flexibility index (Phi) is 6.49. The maximum atomic E-state index is 12.1. The molecule has 0 saturated carbocycles. The number of benzene rings is 3. The molecule has 0 bridgehead atoms. The molecule has 1 N–H and O–H groups in total. The van der Waals surface area contributed by atoms with Crippen LogP contribution in [-0.2, 0) is 13.0 Å². The van der Waals surface area contributed by atoms with Gasteiger partial charge < -0.3 is 9.88 Å². The summed E-state index contributed by atoms with van der Waals surface area (Å²) in [6, 6.07) is 27.3. The zero-order chi connectivity index (χ0) is 22.5. The van der Waals surface area contributed by atoms with Crippen molar-refractivity contribution in [3.63, 3.8) is 0 Å². The Morgan fingerprint density at radius 2 is 1.73 bits per heavy atom. The molecule has 0 atom stereocenters. The van der Waals surface area contributed by atoms with E-state index in [0.29, 0.717) is 6.54 Å². The molecule has 4 nitrogen and oxygen atoms in total. The molecule has 5 heteroatoms. The minimum Gasteiger partial charge on any atom is -0.351 e. The Bertz CT molecular complexity index is 1370. The van der Waals surface area contributed by atoms with Crippen LogP contribution in [0.3, 0.4) is 0 Å². The van der Waals surface area contributed by atoms with Gasteiger partial charge in [-0.2, -0.15) is 0 Å². The monoisotopic (exact) mass is 453 g/mol. The highest BCUT2D eigenvalue weighted by molar-refractivity contribution is 7.12. The van der Waals surface area contributed by atoms with Crippen LogP contribution in [0.4, 0.5) is 0 Å². The van der Waals surface area contributed by atoms with Gasteiger partial charge in [-0.1, -0.05) is 67.1 Å². The number of rotatable bonds is 9. The number of nitrogens with one attached hydrogen (secondary N) is 1. The van der Waals surface area contributed by atoms with Crippen molar-refractivity contribution in [2.24, 2.45) is 0 Å². The second kappa shape index (κ2) is 10.0. The molecule has 0 fully saturated rings. The highest BCUT2D eigenvalue weighted by Gasteiger charge is 2.12. The van der Waals surface area contributed by atoms with Crippen LogP contribution in [-0.4, -0.2) is 22.0 Å². The minimum atomic E-state index is 0.0295. The van der Waals surface area contributed by atoms with Crippen molar-refractivity contribution in [3.05, 3.63) is 101 Å². The maximum absolute atomic E-state index is 12.1. The lowest BCUT2D eigenvalue weighted by Gasteiger charge is -2.12. The number of hydrogen-bond acceptors (Lipinski definition) is 3. The molecule has 0 unspecified atom stereocenters. The molecule has 5 aromatic rings. The van der Waals surface area contributed by atoms with E-state index in [9.17, 15) is 4.79 Å². The van der Waals surface area contributed by atoms with Crippen LogP contribution in [0.1, 0.15) is 40.3 Å². The van der Waals surface area contributed by atoms with Crippen LogP contribution < -0.4 is 5.32 Å². The van der Waals surface area contributed by atoms with Gasteiger partial charge in [0.25, 0.3) is 5.91 Å². The summed E-state index contributed by atoms with van der Waals surface area (Å²) in [6.45, 7) is 1.53. The third-order valence-electron chi connectivity index (χ3n) is 6.05. The fraction of sp³-hybridized carbons (Fsp3) is 0.214. The molecule has 0 aliphatic rings. The summed E-state index contributed by atoms with van der Waals surface area (Å²) in [5, 5.41) is 7.51. The summed E-state index contributed by atoms with van der Waals surface area (Å²) in [4.78, 5) is 17.8. The number of imidazole rings is 1. The van der Waals surface area contributed by atoms with E-state index >= 15 is 0 Å². The first kappa shape index (κ1) is 21.4. The highest BCUT2D eigenvalue weighted by atomic mass is 32.1. The molecule has 2 aromatic heterocycles. The second-order valence-electron chi connectivity index (χ2n) is 8.29. The quantitative estimate of drug-likeness (QED) is 0.261. The van der Waals surface area contributed by atoms with E-state index in [4.69, 9.17) is 4.98 Å². The average Bonchev–Trinajstić information content (AvgIpc) is 3.50. The van der Waals surface area contributed by atoms with E-state index in [1.165, 1.54) is 33.2 Å². The Balaban J connectivity index is 1.26. The largest absolute Gasteiger partial charge is 0.351 e. The number of carbonyl (C=O) groups is 1. The van der Waals surface area contributed by atoms with Crippen molar-refractivity contribution in [2.45, 2.75) is 32.2 Å². The van der Waals surface area contributed by atoms with Crippen LogP contribution in [0.5, 0.6) is 0 Å². The van der Waals surface area contributed by atoms with Gasteiger partial charge in [-0.3, -0.25) is 4.79 Å². The number of aromatic nitrogens is 2. The zero-order valence-corrected chi connectivity index (χ0v) is 19.4. The molecule has 0 saturated heterocycles. The predicted octanol–water partition coefficient (Wildman–Crippen LogP) is 6.44. The van der Waals surface area contributed by atoms with Gasteiger partial charge in [0.2, 0.25) is 0 Å². The summed E-state index contributed by atoms with van der Waals surface area (Å²) in [5.41, 5.74) is 3.55. The first-order valence-electron chi connectivity index (χ1n) is 11.5. The van der Waals surface area contributed by atoms with Crippen molar-refractivity contribution in [1.29, 1.82) is 0 Å². The normalized spacial score (nSPS) is 11.3. The first-order chi connectivity index (χ1) is 16.3. The summed E-state index contributed by atoms with van der Waals surface area (Å²) >= 11 is 1.48. The van der Waals surface area contributed by atoms with E-state index in [-0.39, 0.29) is 5.91 Å². The van der Waals surface area contributed by atoms with Gasteiger partial charge in [-0.25, -0.2) is 4.98 Å². The number of fused-ring (bicyclic) bond motifs is 2. The van der Waals surface area contributed by atoms with Crippen LogP contribution in [0, 0.1) is 0 Å². The van der Waals surface area contributed by atoms with Crippen molar-refractivity contribution < 1.29 is 4.79 Å². The van der Waals surface area contributed by atoms with Gasteiger partial charge in [0.05, 0.1) is 15.9 Å². The first-order valence-corrected chi connectivity index (χ1v) is 12.4. The van der Waals surface area contributed by atoms with Crippen molar-refractivity contribution in [2.75, 3.05) is 6.54 Å². The molecule has 0 spiro atoms. The minimum absolute atomic E-state index is 0.0295. The maximum Gasteiger partial charge on any atom is 0.261 e. The molecular weight excluding hydrogens is 426 g/mol. The third-order valence-corrected chi connectivity index (χ3v) is 6.92. The molecular formula is C28H27N3OS. The number of hydrogen-bond donors (Lipinski definition) is 1. The third kappa shape index (κ3) is 4.83. The summed E-state index contributed by atoms with van der Waals surface area (Å²) in [7, 11) is 0. The fourth-order valence-corrected chi connectivity index (χ4v) is 5.02. The van der Waals surface area contributed by atoms with Crippen molar-refractivity contribution in [1.82, 2.24) is 14.9 Å². The zero-order valence-electron chi connectivity index (χ0n) is 18.5. The lowest BCUT2D eigenvalue weighted by Crippen LogP contribution is -2.23. The molecule has 2 heterocycles. The molecule has 1 amide bonds. The Morgan fingerprint density at radius 1 is 0.879 bits per heavy atom. The Hall–Kier alpha value is -3.44. The number of aryl methyl sites for hydroxylation is 1. The number of para-hydroxylation sites is 2. The molecule has 0 radical (unpaired) electrons. The van der Waals surface area contributed by atoms with Gasteiger partial charge in [0.1, 0.15) is 5.82 Å². The van der Waals surface area contributed by atoms with Crippen molar-refractivity contribution in [3.8, 4) is 0 Å². The van der Waals surface area contributed by atoms with Gasteiger partial charge in [-0.15, -0.1) is 11.3 Å². The van der Waals surface area contributed by atoms with Gasteiger partial charge >= 0.3 is 0 Å². The second-order valence-corrected chi connectivity index (χ2v) is 9.23. The van der Waals surface area contributed by atoms with Crippen LogP contribution >= 0.6 is 11.3 Å². The smallest absolute Gasteiger partial charge is 0.261 e. The van der Waals surface area contributed by atoms with Crippen molar-refractivity contribution >= 4 is 39.0 Å². The number of thiophene rings is 1. The summed E-state index contributed by atoms with van der Waals surface area (Å²) in [6.07, 6.45) is 4.01. The molecule has 33 heavy (non-hydrogen) atoms. The average molecular weight is 454 g/mol. The summed E-state index contributed by atoms with van der Waals surface area (Å²) in [5.74, 6) is 1.16. The molecule has 166 valence electrons. The van der Waals surface area contributed by atoms with Crippen LogP contribution in [0.15, 0.2) is 84.2 Å². The number of unbranched alkanes of at least 4 members (excludes halogenated alkanes) is 2. The van der Waals surface area contributed by atoms with Crippen LogP contribution in [0.25, 0.3) is 21.8 Å². The van der Waals surface area contributed by atoms with Crippen LogP contribution in [0.2, 0.25) is 0 Å². The van der Waals surface area contributed by atoms with E-state index in [1.54, 1.807) is 0 Å². The molecule has 0 aliphatic carbocycles. The van der Waals surface area contributed by atoms with E-state index in [1.807, 2.05) is 17.5 Å². The van der Waals surface area contributed by atoms with Gasteiger partial charge in [0.15, 0.2) is 0 Å². The number of carbonyl (C=O) groups excluding carboxylic acids is 1. The van der Waals surface area contributed by atoms with E-state index in [2.05, 4.69) is 76.6 Å². The van der Waals surface area contributed by atoms with Gasteiger partial charge in [-0.05, 0) is 52.8 Å². The number of amides is 1. The lowest BCUT2D eigenvalue weighted by atomic mass is 10.0.